The van der Waals surface area contributed by atoms with Gasteiger partial charge >= 0.3 is 0 Å². The van der Waals surface area contributed by atoms with E-state index in [1.54, 1.807) is 0 Å². The van der Waals surface area contributed by atoms with Crippen LogP contribution in [-0.4, -0.2) is 18.3 Å². The van der Waals surface area contributed by atoms with Gasteiger partial charge in [0.25, 0.3) is 0 Å². The molecule has 1 saturated carbocycles. The predicted molar refractivity (Wildman–Crippen MR) is 69.6 cm³/mol. The molecule has 3 rings (SSSR count). The van der Waals surface area contributed by atoms with Crippen molar-refractivity contribution in [2.24, 2.45) is 5.73 Å². The molecule has 0 saturated heterocycles. The maximum Gasteiger partial charge on any atom is 0.122 e. The maximum atomic E-state index is 14.4. The largest absolute Gasteiger partial charge is 0.493 e. The van der Waals surface area contributed by atoms with Crippen molar-refractivity contribution in [3.63, 3.8) is 0 Å². The van der Waals surface area contributed by atoms with Crippen molar-refractivity contribution in [3.05, 3.63) is 29.3 Å². The molecular weight excluding hydrogens is 229 g/mol. The summed E-state index contributed by atoms with van der Waals surface area (Å²) >= 11 is 0. The molecule has 0 bridgehead atoms. The Labute approximate surface area is 107 Å². The summed E-state index contributed by atoms with van der Waals surface area (Å²) < 4.78 is 19.9. The van der Waals surface area contributed by atoms with Gasteiger partial charge in [0.15, 0.2) is 0 Å². The lowest BCUT2D eigenvalue weighted by molar-refractivity contribution is 0.157. The predicted octanol–water partition coefficient (Wildman–Crippen LogP) is 2.77. The molecule has 1 heterocycles. The number of benzene rings is 1. The first-order valence-corrected chi connectivity index (χ1v) is 6.84. The lowest BCUT2D eigenvalue weighted by atomic mass is 9.94. The van der Waals surface area contributed by atoms with Crippen LogP contribution in [0.1, 0.15) is 36.8 Å². The van der Waals surface area contributed by atoms with Gasteiger partial charge in [-0.25, -0.2) is 4.39 Å². The lowest BCUT2D eigenvalue weighted by Gasteiger charge is -2.19. The molecule has 0 aromatic heterocycles. The summed E-state index contributed by atoms with van der Waals surface area (Å²) in [4.78, 5) is 0. The molecular formula is C15H20FNO. The Hall–Kier alpha value is -1.09. The summed E-state index contributed by atoms with van der Waals surface area (Å²) in [6.07, 6.45) is 4.36. The number of rotatable bonds is 3. The standard InChI is InChI=1S/C15H20FNO/c16-15(7-4-13(17)10-15)6-3-11-1-2-14-12(9-11)5-8-18-14/h1-2,9,13H,3-8,10,17H2. The Morgan fingerprint density at radius 3 is 3.11 bits per heavy atom. The van der Waals surface area contributed by atoms with E-state index in [0.717, 1.165) is 31.6 Å². The van der Waals surface area contributed by atoms with Crippen LogP contribution in [0.25, 0.3) is 0 Å². The van der Waals surface area contributed by atoms with Crippen LogP contribution in [0.4, 0.5) is 4.39 Å². The van der Waals surface area contributed by atoms with E-state index in [1.165, 1.54) is 11.1 Å². The number of nitrogens with two attached hydrogens (primary N) is 1. The molecule has 2 unspecified atom stereocenters. The quantitative estimate of drug-likeness (QED) is 0.894. The summed E-state index contributed by atoms with van der Waals surface area (Å²) in [5.74, 6) is 0.997. The van der Waals surface area contributed by atoms with Crippen LogP contribution in [-0.2, 0) is 12.8 Å². The van der Waals surface area contributed by atoms with Crippen LogP contribution in [0.3, 0.4) is 0 Å². The SMILES string of the molecule is NC1CCC(F)(CCc2ccc3c(c2)CCO3)C1. The molecule has 1 aromatic carbocycles. The van der Waals surface area contributed by atoms with Gasteiger partial charge in [0.05, 0.1) is 6.61 Å². The first kappa shape index (κ1) is 12.0. The molecule has 18 heavy (non-hydrogen) atoms. The zero-order valence-electron chi connectivity index (χ0n) is 10.6. The molecule has 2 N–H and O–H groups in total. The Bertz CT molecular complexity index is 448. The van der Waals surface area contributed by atoms with E-state index in [-0.39, 0.29) is 6.04 Å². The Morgan fingerprint density at radius 2 is 2.33 bits per heavy atom. The molecule has 2 atom stereocenters. The fraction of sp³-hybridized carbons (Fsp3) is 0.600. The molecule has 2 aliphatic rings. The average molecular weight is 249 g/mol. The molecule has 1 fully saturated rings. The van der Waals surface area contributed by atoms with Crippen molar-refractivity contribution >= 4 is 0 Å². The number of fused-ring (bicyclic) bond motifs is 1. The Kier molecular flexibility index (Phi) is 3.02. The van der Waals surface area contributed by atoms with Crippen molar-refractivity contribution in [3.8, 4) is 5.75 Å². The van der Waals surface area contributed by atoms with Crippen molar-refractivity contribution in [2.45, 2.75) is 50.2 Å². The summed E-state index contributed by atoms with van der Waals surface area (Å²) in [6.45, 7) is 0.778. The van der Waals surface area contributed by atoms with E-state index in [0.29, 0.717) is 19.3 Å². The van der Waals surface area contributed by atoms with Crippen LogP contribution in [0.2, 0.25) is 0 Å². The molecule has 98 valence electrons. The smallest absolute Gasteiger partial charge is 0.122 e. The molecule has 0 spiro atoms. The average Bonchev–Trinajstić information content (AvgIpc) is 2.93. The third-order valence-electron chi connectivity index (χ3n) is 4.21. The highest BCUT2D eigenvalue weighted by molar-refractivity contribution is 5.39. The minimum Gasteiger partial charge on any atom is -0.493 e. The number of aryl methyl sites for hydroxylation is 1. The third kappa shape index (κ3) is 2.37. The number of alkyl halides is 1. The molecule has 0 radical (unpaired) electrons. The van der Waals surface area contributed by atoms with Gasteiger partial charge in [-0.3, -0.25) is 0 Å². The van der Waals surface area contributed by atoms with Crippen LogP contribution < -0.4 is 10.5 Å². The van der Waals surface area contributed by atoms with Gasteiger partial charge in [-0.15, -0.1) is 0 Å². The number of hydrogen-bond donors (Lipinski definition) is 1. The van der Waals surface area contributed by atoms with Gasteiger partial charge in [-0.2, -0.15) is 0 Å². The lowest BCUT2D eigenvalue weighted by Crippen LogP contribution is -2.23. The van der Waals surface area contributed by atoms with Crippen LogP contribution in [0, 0.1) is 0 Å². The molecule has 1 aliphatic heterocycles. The minimum absolute atomic E-state index is 0.0587. The van der Waals surface area contributed by atoms with Crippen LogP contribution in [0.15, 0.2) is 18.2 Å². The van der Waals surface area contributed by atoms with E-state index in [1.807, 2.05) is 6.07 Å². The summed E-state index contributed by atoms with van der Waals surface area (Å²) in [5, 5.41) is 0. The third-order valence-corrected chi connectivity index (χ3v) is 4.21. The van der Waals surface area contributed by atoms with E-state index in [9.17, 15) is 4.39 Å². The zero-order valence-corrected chi connectivity index (χ0v) is 10.6. The van der Waals surface area contributed by atoms with Crippen LogP contribution >= 0.6 is 0 Å². The summed E-state index contributed by atoms with van der Waals surface area (Å²) in [6, 6.07) is 6.30. The Balaban J connectivity index is 1.63. The maximum absolute atomic E-state index is 14.4. The van der Waals surface area contributed by atoms with Crippen molar-refractivity contribution in [1.29, 1.82) is 0 Å². The molecule has 2 nitrogen and oxygen atoms in total. The highest BCUT2D eigenvalue weighted by atomic mass is 19.1. The highest BCUT2D eigenvalue weighted by Gasteiger charge is 2.37. The number of halogens is 1. The van der Waals surface area contributed by atoms with Gasteiger partial charge in [-0.05, 0) is 49.3 Å². The Morgan fingerprint density at radius 1 is 1.44 bits per heavy atom. The van der Waals surface area contributed by atoms with Gasteiger partial charge in [0.1, 0.15) is 11.4 Å². The monoisotopic (exact) mass is 249 g/mol. The van der Waals surface area contributed by atoms with E-state index < -0.39 is 5.67 Å². The molecule has 0 amide bonds. The van der Waals surface area contributed by atoms with Crippen molar-refractivity contribution in [1.82, 2.24) is 0 Å². The fourth-order valence-electron chi connectivity index (χ4n) is 3.11. The second kappa shape index (κ2) is 4.54. The van der Waals surface area contributed by atoms with Crippen molar-refractivity contribution < 1.29 is 9.13 Å². The van der Waals surface area contributed by atoms with Gasteiger partial charge < -0.3 is 10.5 Å². The summed E-state index contributed by atoms with van der Waals surface area (Å²) in [7, 11) is 0. The van der Waals surface area contributed by atoms with Gasteiger partial charge in [0.2, 0.25) is 0 Å². The van der Waals surface area contributed by atoms with E-state index in [2.05, 4.69) is 12.1 Å². The van der Waals surface area contributed by atoms with Gasteiger partial charge in [0, 0.05) is 12.5 Å². The topological polar surface area (TPSA) is 35.2 Å². The second-order valence-electron chi connectivity index (χ2n) is 5.69. The number of hydrogen-bond acceptors (Lipinski definition) is 2. The van der Waals surface area contributed by atoms with Crippen molar-refractivity contribution in [2.75, 3.05) is 6.61 Å². The molecule has 1 aromatic rings. The fourth-order valence-corrected chi connectivity index (χ4v) is 3.11. The van der Waals surface area contributed by atoms with Crippen LogP contribution in [0.5, 0.6) is 5.75 Å². The van der Waals surface area contributed by atoms with E-state index in [4.69, 9.17) is 10.5 Å². The normalized spacial score (nSPS) is 30.2. The summed E-state index contributed by atoms with van der Waals surface area (Å²) in [5.41, 5.74) is 7.25. The van der Waals surface area contributed by atoms with Gasteiger partial charge in [-0.1, -0.05) is 12.1 Å². The highest BCUT2D eigenvalue weighted by Crippen LogP contribution is 2.37. The molecule has 3 heteroatoms. The first-order chi connectivity index (χ1) is 8.65. The zero-order chi connectivity index (χ0) is 12.6. The van der Waals surface area contributed by atoms with E-state index >= 15 is 0 Å². The second-order valence-corrected chi connectivity index (χ2v) is 5.69. The molecule has 1 aliphatic carbocycles. The minimum atomic E-state index is -1.03. The number of ether oxygens (including phenoxy) is 1. The first-order valence-electron chi connectivity index (χ1n) is 6.84.